The van der Waals surface area contributed by atoms with Gasteiger partial charge in [-0.1, -0.05) is 13.8 Å². The van der Waals surface area contributed by atoms with Crippen molar-refractivity contribution in [3.8, 4) is 0 Å². The molecular weight excluding hydrogens is 242 g/mol. The first kappa shape index (κ1) is 11.6. The fourth-order valence-electron chi connectivity index (χ4n) is 2.04. The molecule has 0 atom stereocenters. The monoisotopic (exact) mass is 257 g/mol. The summed E-state index contributed by atoms with van der Waals surface area (Å²) in [7, 11) is 0. The summed E-state index contributed by atoms with van der Waals surface area (Å²) in [6.45, 7) is 5.12. The summed E-state index contributed by atoms with van der Waals surface area (Å²) < 4.78 is 1.61. The van der Waals surface area contributed by atoms with E-state index in [4.69, 9.17) is 5.73 Å². The Morgan fingerprint density at radius 1 is 1.42 bits per heavy atom. The Labute approximate surface area is 109 Å². The number of rotatable bonds is 3. The largest absolute Gasteiger partial charge is 0.394 e. The van der Waals surface area contributed by atoms with Crippen molar-refractivity contribution in [3.63, 3.8) is 0 Å². The molecule has 0 radical (unpaired) electrons. The fourth-order valence-corrected chi connectivity index (χ4v) is 2.04. The van der Waals surface area contributed by atoms with Gasteiger partial charge in [-0.2, -0.15) is 4.52 Å². The van der Waals surface area contributed by atoms with Crippen LogP contribution in [0.3, 0.4) is 0 Å². The molecule has 0 aliphatic carbocycles. The van der Waals surface area contributed by atoms with Gasteiger partial charge < -0.3 is 11.1 Å². The van der Waals surface area contributed by atoms with E-state index in [9.17, 15) is 0 Å². The normalized spacial score (nSPS) is 11.5. The van der Waals surface area contributed by atoms with Crippen molar-refractivity contribution in [2.75, 3.05) is 17.6 Å². The van der Waals surface area contributed by atoms with E-state index in [2.05, 4.69) is 39.7 Å². The van der Waals surface area contributed by atoms with E-state index < -0.39 is 0 Å². The van der Waals surface area contributed by atoms with Gasteiger partial charge in [-0.3, -0.25) is 4.98 Å². The topological polar surface area (TPSA) is 94.0 Å². The average molecular weight is 257 g/mol. The highest BCUT2D eigenvalue weighted by atomic mass is 15.5. The van der Waals surface area contributed by atoms with Crippen LogP contribution < -0.4 is 11.1 Å². The molecular formula is C12H15N7. The molecule has 0 unspecified atom stereocenters. The molecule has 0 bridgehead atoms. The van der Waals surface area contributed by atoms with Crippen LogP contribution >= 0.6 is 0 Å². The molecule has 0 spiro atoms. The Balaban J connectivity index is 2.29. The molecule has 19 heavy (non-hydrogen) atoms. The Kier molecular flexibility index (Phi) is 2.66. The van der Waals surface area contributed by atoms with Crippen LogP contribution in [0, 0.1) is 5.92 Å². The summed E-state index contributed by atoms with van der Waals surface area (Å²) in [6, 6.07) is 1.91. The van der Waals surface area contributed by atoms with Gasteiger partial charge in [-0.15, -0.1) is 5.10 Å². The predicted molar refractivity (Wildman–Crippen MR) is 73.8 cm³/mol. The van der Waals surface area contributed by atoms with E-state index in [1.54, 1.807) is 16.9 Å². The van der Waals surface area contributed by atoms with E-state index in [0.717, 1.165) is 23.1 Å². The van der Waals surface area contributed by atoms with Gasteiger partial charge in [0.05, 0.1) is 17.4 Å². The second-order valence-corrected chi connectivity index (χ2v) is 4.87. The first-order valence-corrected chi connectivity index (χ1v) is 6.15. The number of hydrogen-bond donors (Lipinski definition) is 2. The number of fused-ring (bicyclic) bond motifs is 3. The van der Waals surface area contributed by atoms with E-state index >= 15 is 0 Å². The van der Waals surface area contributed by atoms with Crippen molar-refractivity contribution >= 4 is 27.9 Å². The SMILES string of the molecule is CC(C)CNc1c(N)c2nnnn2c2cnccc12. The van der Waals surface area contributed by atoms with Crippen molar-refractivity contribution in [2.24, 2.45) is 5.92 Å². The van der Waals surface area contributed by atoms with Crippen LogP contribution in [-0.4, -0.2) is 31.6 Å². The highest BCUT2D eigenvalue weighted by Gasteiger charge is 2.14. The third kappa shape index (κ3) is 1.83. The zero-order valence-corrected chi connectivity index (χ0v) is 10.8. The summed E-state index contributed by atoms with van der Waals surface area (Å²) >= 11 is 0. The lowest BCUT2D eigenvalue weighted by Gasteiger charge is -2.14. The minimum atomic E-state index is 0.517. The van der Waals surface area contributed by atoms with Crippen LogP contribution in [0.2, 0.25) is 0 Å². The first-order valence-electron chi connectivity index (χ1n) is 6.15. The lowest BCUT2D eigenvalue weighted by atomic mass is 10.1. The number of aromatic nitrogens is 5. The Morgan fingerprint density at radius 3 is 3.05 bits per heavy atom. The number of nitrogens with two attached hydrogens (primary N) is 1. The number of nitrogens with zero attached hydrogens (tertiary/aromatic N) is 5. The lowest BCUT2D eigenvalue weighted by molar-refractivity contribution is 0.689. The number of hydrogen-bond acceptors (Lipinski definition) is 6. The van der Waals surface area contributed by atoms with Crippen LogP contribution in [0.5, 0.6) is 0 Å². The van der Waals surface area contributed by atoms with Crippen molar-refractivity contribution < 1.29 is 0 Å². The maximum atomic E-state index is 6.17. The molecule has 3 heterocycles. The van der Waals surface area contributed by atoms with Gasteiger partial charge in [0, 0.05) is 18.1 Å². The summed E-state index contributed by atoms with van der Waals surface area (Å²) in [6.07, 6.45) is 3.47. The Hall–Kier alpha value is -2.44. The number of anilines is 2. The van der Waals surface area contributed by atoms with Crippen molar-refractivity contribution in [2.45, 2.75) is 13.8 Å². The summed E-state index contributed by atoms with van der Waals surface area (Å²) in [4.78, 5) is 4.12. The minimum Gasteiger partial charge on any atom is -0.394 e. The second-order valence-electron chi connectivity index (χ2n) is 4.87. The average Bonchev–Trinajstić information content (AvgIpc) is 2.88. The molecule has 0 saturated heterocycles. The third-order valence-corrected chi connectivity index (χ3v) is 2.96. The molecule has 0 aliphatic rings. The van der Waals surface area contributed by atoms with Crippen LogP contribution in [0.15, 0.2) is 18.5 Å². The summed E-state index contributed by atoms with van der Waals surface area (Å²) in [5.41, 5.74) is 8.98. The molecule has 0 aliphatic heterocycles. The fraction of sp³-hybridized carbons (Fsp3) is 0.333. The van der Waals surface area contributed by atoms with E-state index in [-0.39, 0.29) is 0 Å². The number of nitrogen functional groups attached to an aromatic ring is 1. The van der Waals surface area contributed by atoms with Crippen LogP contribution in [0.25, 0.3) is 16.6 Å². The standard InChI is InChI=1S/C12H15N7/c1-7(2)5-15-11-8-3-4-14-6-9(8)19-12(10(11)13)16-17-18-19/h3-4,6-7,15H,5,13H2,1-2H3. The molecule has 3 rings (SSSR count). The molecule has 98 valence electrons. The van der Waals surface area contributed by atoms with Crippen LogP contribution in [0.1, 0.15) is 13.8 Å². The molecule has 7 nitrogen and oxygen atoms in total. The van der Waals surface area contributed by atoms with Gasteiger partial charge in [0.1, 0.15) is 5.69 Å². The van der Waals surface area contributed by atoms with Gasteiger partial charge in [-0.25, -0.2) is 0 Å². The number of pyridine rings is 2. The minimum absolute atomic E-state index is 0.517. The smallest absolute Gasteiger partial charge is 0.204 e. The zero-order valence-electron chi connectivity index (χ0n) is 10.8. The van der Waals surface area contributed by atoms with Crippen LogP contribution in [0.4, 0.5) is 11.4 Å². The highest BCUT2D eigenvalue weighted by molar-refractivity contribution is 6.01. The third-order valence-electron chi connectivity index (χ3n) is 2.96. The molecule has 3 aromatic heterocycles. The Bertz CT molecular complexity index is 731. The van der Waals surface area contributed by atoms with Gasteiger partial charge in [0.2, 0.25) is 5.65 Å². The number of nitrogens with one attached hydrogen (secondary N) is 1. The number of tetrazole rings is 1. The highest BCUT2D eigenvalue weighted by Crippen LogP contribution is 2.31. The van der Waals surface area contributed by atoms with Gasteiger partial charge in [0.25, 0.3) is 0 Å². The zero-order chi connectivity index (χ0) is 13.4. The summed E-state index contributed by atoms with van der Waals surface area (Å²) in [5, 5.41) is 15.9. The van der Waals surface area contributed by atoms with Crippen molar-refractivity contribution in [3.05, 3.63) is 18.5 Å². The quantitative estimate of drug-likeness (QED) is 0.735. The molecule has 0 saturated carbocycles. The van der Waals surface area contributed by atoms with Gasteiger partial charge in [0.15, 0.2) is 0 Å². The van der Waals surface area contributed by atoms with Crippen molar-refractivity contribution in [1.82, 2.24) is 25.0 Å². The summed E-state index contributed by atoms with van der Waals surface area (Å²) in [5.74, 6) is 0.517. The molecule has 3 N–H and O–H groups in total. The van der Waals surface area contributed by atoms with E-state index in [1.165, 1.54) is 0 Å². The molecule has 3 aromatic rings. The van der Waals surface area contributed by atoms with Gasteiger partial charge >= 0.3 is 0 Å². The second kappa shape index (κ2) is 4.34. The molecule has 7 heteroatoms. The first-order chi connectivity index (χ1) is 9.18. The molecule has 0 amide bonds. The van der Waals surface area contributed by atoms with Crippen molar-refractivity contribution in [1.29, 1.82) is 0 Å². The molecule has 0 fully saturated rings. The van der Waals surface area contributed by atoms with E-state index in [1.807, 2.05) is 6.07 Å². The predicted octanol–water partition coefficient (Wildman–Crippen LogP) is 1.32. The molecule has 0 aromatic carbocycles. The van der Waals surface area contributed by atoms with E-state index in [0.29, 0.717) is 17.3 Å². The Morgan fingerprint density at radius 2 is 2.26 bits per heavy atom. The maximum absolute atomic E-state index is 6.17. The lowest BCUT2D eigenvalue weighted by Crippen LogP contribution is -2.11. The van der Waals surface area contributed by atoms with Crippen LogP contribution in [-0.2, 0) is 0 Å². The maximum Gasteiger partial charge on any atom is 0.204 e. The van der Waals surface area contributed by atoms with Gasteiger partial charge in [-0.05, 0) is 22.4 Å².